The van der Waals surface area contributed by atoms with E-state index in [9.17, 15) is 9.90 Å². The molecule has 3 rings (SSSR count). The summed E-state index contributed by atoms with van der Waals surface area (Å²) in [6.45, 7) is 3.32. The molecule has 2 aromatic carbocycles. The van der Waals surface area contributed by atoms with Crippen LogP contribution in [0.1, 0.15) is 22.3 Å². The van der Waals surface area contributed by atoms with Crippen LogP contribution in [0, 0.1) is 6.92 Å². The standard InChI is InChI=1S/C21H22ClNO4/c1-13-15-11-18(22)19(24)17(12-23-8-9-26-2)20(15)27-21(25)16(13)10-14-6-4-3-5-7-14/h3-7,11,23-24H,8-10,12H2,1-2H3. The van der Waals surface area contributed by atoms with E-state index in [-0.39, 0.29) is 10.8 Å². The third-order valence-corrected chi connectivity index (χ3v) is 4.90. The van der Waals surface area contributed by atoms with Crippen molar-refractivity contribution >= 4 is 22.6 Å². The van der Waals surface area contributed by atoms with Gasteiger partial charge in [-0.3, -0.25) is 0 Å². The summed E-state index contributed by atoms with van der Waals surface area (Å²) in [6.07, 6.45) is 0.477. The fourth-order valence-electron chi connectivity index (χ4n) is 3.10. The Morgan fingerprint density at radius 3 is 2.67 bits per heavy atom. The molecule has 0 amide bonds. The molecule has 1 aromatic heterocycles. The van der Waals surface area contributed by atoms with E-state index in [1.807, 2.05) is 37.3 Å². The minimum Gasteiger partial charge on any atom is -0.506 e. The summed E-state index contributed by atoms with van der Waals surface area (Å²) in [5.41, 5.74) is 2.86. The SMILES string of the molecule is COCCNCc1c(O)c(Cl)cc2c(C)c(Cc3ccccc3)c(=O)oc12. The second kappa shape index (κ2) is 8.57. The van der Waals surface area contributed by atoms with E-state index in [1.54, 1.807) is 13.2 Å². The van der Waals surface area contributed by atoms with Crippen molar-refractivity contribution in [1.82, 2.24) is 5.32 Å². The first kappa shape index (κ1) is 19.4. The van der Waals surface area contributed by atoms with Gasteiger partial charge in [0.1, 0.15) is 11.3 Å². The van der Waals surface area contributed by atoms with Gasteiger partial charge in [0, 0.05) is 37.6 Å². The summed E-state index contributed by atoms with van der Waals surface area (Å²) in [5, 5.41) is 14.5. The lowest BCUT2D eigenvalue weighted by Gasteiger charge is -2.14. The first-order valence-electron chi connectivity index (χ1n) is 8.73. The fourth-order valence-corrected chi connectivity index (χ4v) is 3.32. The highest BCUT2D eigenvalue weighted by Crippen LogP contribution is 2.36. The van der Waals surface area contributed by atoms with E-state index in [4.69, 9.17) is 20.8 Å². The molecule has 0 aliphatic rings. The minimum absolute atomic E-state index is 0.0764. The highest BCUT2D eigenvalue weighted by atomic mass is 35.5. The van der Waals surface area contributed by atoms with Gasteiger partial charge in [-0.25, -0.2) is 4.79 Å². The van der Waals surface area contributed by atoms with Gasteiger partial charge in [0.15, 0.2) is 0 Å². The predicted octanol–water partition coefficient (Wildman–Crippen LogP) is 3.79. The number of benzene rings is 2. The van der Waals surface area contributed by atoms with Gasteiger partial charge < -0.3 is 19.6 Å². The van der Waals surface area contributed by atoms with Crippen LogP contribution in [0.25, 0.3) is 11.0 Å². The summed E-state index contributed by atoms with van der Waals surface area (Å²) in [6, 6.07) is 11.4. The molecule has 2 N–H and O–H groups in total. The van der Waals surface area contributed by atoms with E-state index in [1.165, 1.54) is 0 Å². The van der Waals surface area contributed by atoms with E-state index in [0.29, 0.717) is 42.8 Å². The molecule has 6 heteroatoms. The van der Waals surface area contributed by atoms with Gasteiger partial charge in [-0.15, -0.1) is 0 Å². The third-order valence-electron chi connectivity index (χ3n) is 4.61. The maximum Gasteiger partial charge on any atom is 0.340 e. The maximum atomic E-state index is 12.7. The Morgan fingerprint density at radius 2 is 1.96 bits per heavy atom. The number of hydrogen-bond donors (Lipinski definition) is 2. The molecule has 0 spiro atoms. The molecular weight excluding hydrogens is 366 g/mol. The lowest BCUT2D eigenvalue weighted by atomic mass is 9.98. The Balaban J connectivity index is 2.07. The number of ether oxygens (including phenoxy) is 1. The lowest BCUT2D eigenvalue weighted by Crippen LogP contribution is -2.19. The quantitative estimate of drug-likeness (QED) is 0.476. The third kappa shape index (κ3) is 4.16. The number of aryl methyl sites for hydroxylation is 1. The molecule has 142 valence electrons. The van der Waals surface area contributed by atoms with Crippen molar-refractivity contribution in [3.8, 4) is 5.75 Å². The number of rotatable bonds is 7. The van der Waals surface area contributed by atoms with Crippen molar-refractivity contribution in [3.05, 3.63) is 74.1 Å². The summed E-state index contributed by atoms with van der Waals surface area (Å²) in [4.78, 5) is 12.7. The molecule has 5 nitrogen and oxygen atoms in total. The number of hydrogen-bond acceptors (Lipinski definition) is 5. The van der Waals surface area contributed by atoms with Gasteiger partial charge in [0.2, 0.25) is 0 Å². The van der Waals surface area contributed by atoms with E-state index >= 15 is 0 Å². The number of phenolic OH excluding ortho intramolecular Hbond substituents is 1. The smallest absolute Gasteiger partial charge is 0.340 e. The second-order valence-electron chi connectivity index (χ2n) is 6.39. The predicted molar refractivity (Wildman–Crippen MR) is 107 cm³/mol. The maximum absolute atomic E-state index is 12.7. The molecule has 0 atom stereocenters. The van der Waals surface area contributed by atoms with Gasteiger partial charge in [-0.1, -0.05) is 41.9 Å². The van der Waals surface area contributed by atoms with Crippen LogP contribution in [-0.2, 0) is 17.7 Å². The average Bonchev–Trinajstić information content (AvgIpc) is 2.67. The molecule has 0 saturated heterocycles. The van der Waals surface area contributed by atoms with Crippen LogP contribution in [0.2, 0.25) is 5.02 Å². The van der Waals surface area contributed by atoms with Crippen LogP contribution in [0.4, 0.5) is 0 Å². The number of methoxy groups -OCH3 is 1. The normalized spacial score (nSPS) is 11.2. The van der Waals surface area contributed by atoms with E-state index in [0.717, 1.165) is 16.5 Å². The molecule has 0 aliphatic heterocycles. The first-order chi connectivity index (χ1) is 13.0. The highest BCUT2D eigenvalue weighted by Gasteiger charge is 2.19. The fraction of sp³-hybridized carbons (Fsp3) is 0.286. The summed E-state index contributed by atoms with van der Waals surface area (Å²) in [5.74, 6) is -0.0764. The van der Waals surface area contributed by atoms with Crippen molar-refractivity contribution in [1.29, 1.82) is 0 Å². The molecule has 0 unspecified atom stereocenters. The van der Waals surface area contributed by atoms with E-state index in [2.05, 4.69) is 5.32 Å². The molecule has 0 saturated carbocycles. The molecule has 27 heavy (non-hydrogen) atoms. The van der Waals surface area contributed by atoms with Crippen LogP contribution in [0.3, 0.4) is 0 Å². The van der Waals surface area contributed by atoms with Gasteiger partial charge in [-0.2, -0.15) is 0 Å². The van der Waals surface area contributed by atoms with Crippen LogP contribution >= 0.6 is 11.6 Å². The zero-order valence-corrected chi connectivity index (χ0v) is 16.1. The molecule has 0 aliphatic carbocycles. The Bertz CT molecular complexity index is 999. The van der Waals surface area contributed by atoms with Crippen molar-refractivity contribution in [2.24, 2.45) is 0 Å². The van der Waals surface area contributed by atoms with Gasteiger partial charge in [0.25, 0.3) is 0 Å². The number of fused-ring (bicyclic) bond motifs is 1. The summed E-state index contributed by atoms with van der Waals surface area (Å²) in [7, 11) is 1.62. The summed E-state index contributed by atoms with van der Waals surface area (Å²) < 4.78 is 10.6. The molecule has 1 heterocycles. The van der Waals surface area contributed by atoms with Crippen molar-refractivity contribution in [3.63, 3.8) is 0 Å². The number of nitrogens with one attached hydrogen (secondary N) is 1. The van der Waals surface area contributed by atoms with Gasteiger partial charge >= 0.3 is 5.63 Å². The Morgan fingerprint density at radius 1 is 1.22 bits per heavy atom. The molecule has 0 radical (unpaired) electrons. The van der Waals surface area contributed by atoms with Gasteiger partial charge in [0.05, 0.1) is 17.2 Å². The zero-order chi connectivity index (χ0) is 19.4. The van der Waals surface area contributed by atoms with Crippen LogP contribution < -0.4 is 10.9 Å². The summed E-state index contributed by atoms with van der Waals surface area (Å²) >= 11 is 6.23. The van der Waals surface area contributed by atoms with E-state index < -0.39 is 5.63 Å². The topological polar surface area (TPSA) is 71.7 Å². The van der Waals surface area contributed by atoms with Crippen LogP contribution in [0.15, 0.2) is 45.6 Å². The van der Waals surface area contributed by atoms with Crippen molar-refractivity contribution in [2.75, 3.05) is 20.3 Å². The lowest BCUT2D eigenvalue weighted by molar-refractivity contribution is 0.199. The highest BCUT2D eigenvalue weighted by molar-refractivity contribution is 6.33. The number of phenols is 1. The molecule has 0 bridgehead atoms. The zero-order valence-electron chi connectivity index (χ0n) is 15.3. The minimum atomic E-state index is -0.399. The number of aromatic hydroxyl groups is 1. The average molecular weight is 388 g/mol. The number of halogens is 1. The van der Waals surface area contributed by atoms with Crippen LogP contribution in [0.5, 0.6) is 5.75 Å². The van der Waals surface area contributed by atoms with Crippen molar-refractivity contribution < 1.29 is 14.3 Å². The molecule has 3 aromatic rings. The first-order valence-corrected chi connectivity index (χ1v) is 9.11. The van der Waals surface area contributed by atoms with Gasteiger partial charge in [-0.05, 0) is 24.1 Å². The molecule has 0 fully saturated rings. The Hall–Kier alpha value is -2.34. The largest absolute Gasteiger partial charge is 0.506 e. The Labute approximate surface area is 162 Å². The molecular formula is C21H22ClNO4. The van der Waals surface area contributed by atoms with Crippen LogP contribution in [-0.4, -0.2) is 25.4 Å². The van der Waals surface area contributed by atoms with Crippen molar-refractivity contribution in [2.45, 2.75) is 19.9 Å². The monoisotopic (exact) mass is 387 g/mol. The second-order valence-corrected chi connectivity index (χ2v) is 6.79. The Kier molecular flexibility index (Phi) is 6.16.